The molecule has 1 fully saturated rings. The van der Waals surface area contributed by atoms with E-state index < -0.39 is 4.92 Å². The number of hydrogen-bond acceptors (Lipinski definition) is 5. The van der Waals surface area contributed by atoms with Crippen molar-refractivity contribution in [2.75, 3.05) is 6.54 Å². The summed E-state index contributed by atoms with van der Waals surface area (Å²) in [5.41, 5.74) is 1.38. The number of non-ortho nitro benzene ring substituents is 1. The quantitative estimate of drug-likeness (QED) is 0.488. The molecule has 1 aliphatic rings. The van der Waals surface area contributed by atoms with E-state index in [1.165, 1.54) is 18.2 Å². The molecule has 1 aromatic carbocycles. The van der Waals surface area contributed by atoms with Crippen molar-refractivity contribution in [1.82, 2.24) is 10.1 Å². The molecule has 24 heavy (non-hydrogen) atoms. The molecular weight excluding hydrogens is 310 g/mol. The average molecular weight is 327 g/mol. The highest BCUT2D eigenvalue weighted by Gasteiger charge is 2.30. The van der Waals surface area contributed by atoms with Gasteiger partial charge in [0.1, 0.15) is 11.5 Å². The lowest BCUT2D eigenvalue weighted by Crippen LogP contribution is -2.29. The predicted molar refractivity (Wildman–Crippen MR) is 87.1 cm³/mol. The molecule has 3 rings (SSSR count). The Bertz CT molecular complexity index is 797. The number of aryl methyl sites for hydroxylation is 1. The number of hydrogen-bond donors (Lipinski definition) is 0. The van der Waals surface area contributed by atoms with Crippen molar-refractivity contribution in [2.45, 2.75) is 25.8 Å². The largest absolute Gasteiger partial charge is 0.361 e. The Labute approximate surface area is 138 Å². The predicted octanol–water partition coefficient (Wildman–Crippen LogP) is 3.27. The Balaban J connectivity index is 1.74. The van der Waals surface area contributed by atoms with Gasteiger partial charge in [-0.05, 0) is 31.4 Å². The number of benzene rings is 1. The fraction of sp³-hybridized carbons (Fsp3) is 0.294. The van der Waals surface area contributed by atoms with E-state index in [4.69, 9.17) is 4.52 Å². The van der Waals surface area contributed by atoms with E-state index in [0.717, 1.165) is 24.3 Å². The molecule has 0 bridgehead atoms. The first-order valence-corrected chi connectivity index (χ1v) is 7.71. The maximum atomic E-state index is 12.5. The number of likely N-dealkylation sites (tertiary alicyclic amines) is 1. The van der Waals surface area contributed by atoms with Gasteiger partial charge in [0, 0.05) is 30.8 Å². The summed E-state index contributed by atoms with van der Waals surface area (Å²) in [5, 5.41) is 14.8. The topological polar surface area (TPSA) is 89.5 Å². The molecule has 124 valence electrons. The molecule has 7 nitrogen and oxygen atoms in total. The normalized spacial score (nSPS) is 17.5. The molecule has 7 heteroatoms. The number of nitro benzene ring substituents is 1. The molecule has 0 N–H and O–H groups in total. The van der Waals surface area contributed by atoms with E-state index in [-0.39, 0.29) is 17.6 Å². The number of amides is 1. The maximum Gasteiger partial charge on any atom is 0.270 e. The number of nitro groups is 1. The summed E-state index contributed by atoms with van der Waals surface area (Å²) in [5.74, 6) is 0.584. The van der Waals surface area contributed by atoms with E-state index >= 15 is 0 Å². The third-order valence-electron chi connectivity index (χ3n) is 4.02. The minimum absolute atomic E-state index is 0.00159. The van der Waals surface area contributed by atoms with Crippen molar-refractivity contribution in [3.05, 3.63) is 63.5 Å². The Morgan fingerprint density at radius 1 is 1.46 bits per heavy atom. The lowest BCUT2D eigenvalue weighted by molar-refractivity contribution is -0.384. The third-order valence-corrected chi connectivity index (χ3v) is 4.02. The first-order chi connectivity index (χ1) is 11.5. The zero-order valence-electron chi connectivity index (χ0n) is 13.2. The summed E-state index contributed by atoms with van der Waals surface area (Å²) in [4.78, 5) is 24.6. The number of carbonyl (C=O) groups is 1. The molecule has 0 spiro atoms. The average Bonchev–Trinajstić information content (AvgIpc) is 3.21. The molecule has 1 saturated heterocycles. The van der Waals surface area contributed by atoms with Crippen LogP contribution < -0.4 is 0 Å². The Morgan fingerprint density at radius 3 is 3.00 bits per heavy atom. The molecule has 1 atom stereocenters. The fourth-order valence-electron chi connectivity index (χ4n) is 2.89. The van der Waals surface area contributed by atoms with Gasteiger partial charge in [0.05, 0.1) is 11.0 Å². The second-order valence-electron chi connectivity index (χ2n) is 5.74. The minimum Gasteiger partial charge on any atom is -0.361 e. The number of nitrogens with zero attached hydrogens (tertiary/aromatic N) is 3. The Kier molecular flexibility index (Phi) is 4.41. The molecule has 1 amide bonds. The molecular formula is C17H17N3O4. The van der Waals surface area contributed by atoms with Crippen LogP contribution in [0.15, 0.2) is 40.9 Å². The third kappa shape index (κ3) is 3.34. The number of carbonyl (C=O) groups excluding carboxylic acids is 1. The van der Waals surface area contributed by atoms with Gasteiger partial charge in [-0.2, -0.15) is 0 Å². The van der Waals surface area contributed by atoms with E-state index in [1.807, 2.05) is 13.0 Å². The van der Waals surface area contributed by atoms with Crippen LogP contribution in [0.2, 0.25) is 0 Å². The van der Waals surface area contributed by atoms with Crippen LogP contribution in [0, 0.1) is 17.0 Å². The van der Waals surface area contributed by atoms with E-state index in [9.17, 15) is 14.9 Å². The number of aromatic nitrogens is 1. The smallest absolute Gasteiger partial charge is 0.270 e. The molecule has 0 aliphatic carbocycles. The lowest BCUT2D eigenvalue weighted by atomic mass is 10.1. The van der Waals surface area contributed by atoms with Gasteiger partial charge < -0.3 is 9.42 Å². The van der Waals surface area contributed by atoms with Crippen LogP contribution in [-0.2, 0) is 4.79 Å². The molecule has 1 aliphatic heterocycles. The van der Waals surface area contributed by atoms with Gasteiger partial charge in [-0.1, -0.05) is 17.3 Å². The van der Waals surface area contributed by atoms with E-state index in [1.54, 1.807) is 23.1 Å². The van der Waals surface area contributed by atoms with Crippen molar-refractivity contribution < 1.29 is 14.2 Å². The van der Waals surface area contributed by atoms with E-state index in [2.05, 4.69) is 5.16 Å². The van der Waals surface area contributed by atoms with Crippen LogP contribution in [0.4, 0.5) is 5.69 Å². The zero-order valence-corrected chi connectivity index (χ0v) is 13.2. The molecule has 2 heterocycles. The highest BCUT2D eigenvalue weighted by molar-refractivity contribution is 5.92. The second kappa shape index (κ2) is 6.66. The van der Waals surface area contributed by atoms with Gasteiger partial charge >= 0.3 is 0 Å². The summed E-state index contributed by atoms with van der Waals surface area (Å²) < 4.78 is 5.10. The van der Waals surface area contributed by atoms with Crippen LogP contribution in [0.5, 0.6) is 0 Å². The highest BCUT2D eigenvalue weighted by Crippen LogP contribution is 2.31. The van der Waals surface area contributed by atoms with Crippen LogP contribution in [-0.4, -0.2) is 27.4 Å². The molecule has 0 unspecified atom stereocenters. The Hall–Kier alpha value is -2.96. The first-order valence-electron chi connectivity index (χ1n) is 7.71. The van der Waals surface area contributed by atoms with Crippen molar-refractivity contribution in [3.8, 4) is 0 Å². The monoisotopic (exact) mass is 327 g/mol. The Morgan fingerprint density at radius 2 is 2.29 bits per heavy atom. The first kappa shape index (κ1) is 15.9. The van der Waals surface area contributed by atoms with Crippen molar-refractivity contribution in [3.63, 3.8) is 0 Å². The molecule has 0 radical (unpaired) electrons. The van der Waals surface area contributed by atoms with Crippen molar-refractivity contribution in [2.24, 2.45) is 0 Å². The molecule has 0 saturated carbocycles. The molecule has 2 aromatic rings. The van der Waals surface area contributed by atoms with Crippen LogP contribution >= 0.6 is 0 Å². The summed E-state index contributed by atoms with van der Waals surface area (Å²) in [7, 11) is 0. The zero-order chi connectivity index (χ0) is 17.1. The van der Waals surface area contributed by atoms with Gasteiger partial charge in [0.15, 0.2) is 0 Å². The van der Waals surface area contributed by atoms with Gasteiger partial charge in [0.25, 0.3) is 5.69 Å². The standard InChI is InChI=1S/C17H17N3O4/c1-12-10-15(18-24-12)16-6-3-9-19(16)17(21)8-7-13-4-2-5-14(11-13)20(22)23/h2,4-5,7-8,10-11,16H,3,6,9H2,1H3/b8-7-/t16-/m0/s1. The summed E-state index contributed by atoms with van der Waals surface area (Å²) in [6, 6.07) is 7.94. The van der Waals surface area contributed by atoms with Gasteiger partial charge in [-0.3, -0.25) is 14.9 Å². The van der Waals surface area contributed by atoms with Crippen LogP contribution in [0.25, 0.3) is 6.08 Å². The van der Waals surface area contributed by atoms with Crippen LogP contribution in [0.1, 0.15) is 35.9 Å². The van der Waals surface area contributed by atoms with E-state index in [0.29, 0.717) is 12.1 Å². The van der Waals surface area contributed by atoms with Gasteiger partial charge in [-0.15, -0.1) is 0 Å². The summed E-state index contributed by atoms with van der Waals surface area (Å²) in [6.07, 6.45) is 4.80. The summed E-state index contributed by atoms with van der Waals surface area (Å²) >= 11 is 0. The van der Waals surface area contributed by atoms with Crippen molar-refractivity contribution in [1.29, 1.82) is 0 Å². The van der Waals surface area contributed by atoms with Crippen LogP contribution in [0.3, 0.4) is 0 Å². The fourth-order valence-corrected chi connectivity index (χ4v) is 2.89. The maximum absolute atomic E-state index is 12.5. The van der Waals surface area contributed by atoms with Gasteiger partial charge in [-0.25, -0.2) is 0 Å². The second-order valence-corrected chi connectivity index (χ2v) is 5.74. The summed E-state index contributed by atoms with van der Waals surface area (Å²) in [6.45, 7) is 2.48. The lowest BCUT2D eigenvalue weighted by Gasteiger charge is -2.21. The van der Waals surface area contributed by atoms with Crippen molar-refractivity contribution >= 4 is 17.7 Å². The SMILES string of the molecule is Cc1cc([C@@H]2CCCN2C(=O)/C=C\c2cccc([N+](=O)[O-])c2)no1. The highest BCUT2D eigenvalue weighted by atomic mass is 16.6. The van der Waals surface area contributed by atoms with Gasteiger partial charge in [0.2, 0.25) is 5.91 Å². The molecule has 1 aromatic heterocycles. The minimum atomic E-state index is -0.456. The number of rotatable bonds is 4.